The summed E-state index contributed by atoms with van der Waals surface area (Å²) in [5, 5.41) is 8.44. The predicted molar refractivity (Wildman–Crippen MR) is 43.3 cm³/mol. The first kappa shape index (κ1) is 7.48. The topological polar surface area (TPSA) is 36.1 Å². The maximum absolute atomic E-state index is 13.0. The van der Waals surface area contributed by atoms with Crippen molar-refractivity contribution in [1.82, 2.24) is 0 Å². The minimum Gasteiger partial charge on any atom is -0.271 e. The zero-order valence-electron chi connectivity index (χ0n) is 6.63. The van der Waals surface area contributed by atoms with E-state index in [0.717, 1.165) is 0 Å². The highest BCUT2D eigenvalue weighted by atomic mass is 19.1. The maximum atomic E-state index is 13.0. The number of rotatable bonds is 1. The van der Waals surface area contributed by atoms with Gasteiger partial charge in [-0.25, -0.2) is 4.39 Å². The first-order valence-corrected chi connectivity index (χ1v) is 4.13. The summed E-state index contributed by atoms with van der Waals surface area (Å²) in [6.07, 6.45) is 3.93. The number of dihydropyridines is 1. The van der Waals surface area contributed by atoms with Crippen molar-refractivity contribution in [3.8, 4) is 6.07 Å². The Hall–Kier alpha value is -1.17. The Morgan fingerprint density at radius 3 is 2.83 bits per heavy atom. The highest BCUT2D eigenvalue weighted by Gasteiger charge is 2.32. The fourth-order valence-corrected chi connectivity index (χ4v) is 1.49. The van der Waals surface area contributed by atoms with Gasteiger partial charge in [-0.15, -0.1) is 0 Å². The van der Waals surface area contributed by atoms with Gasteiger partial charge in [-0.1, -0.05) is 0 Å². The van der Waals surface area contributed by atoms with Crippen molar-refractivity contribution >= 4 is 5.71 Å². The van der Waals surface area contributed by atoms with Crippen molar-refractivity contribution in [3.63, 3.8) is 0 Å². The predicted octanol–water partition coefficient (Wildman–Crippen LogP) is 1.84. The average Bonchev–Trinajstić information content (AvgIpc) is 2.86. The van der Waals surface area contributed by atoms with E-state index in [4.69, 9.17) is 5.26 Å². The summed E-state index contributed by atoms with van der Waals surface area (Å²) in [7, 11) is 0. The van der Waals surface area contributed by atoms with Crippen LogP contribution in [0.1, 0.15) is 12.8 Å². The Kier molecular flexibility index (Phi) is 1.69. The molecule has 0 saturated heterocycles. The van der Waals surface area contributed by atoms with Crippen molar-refractivity contribution in [2.24, 2.45) is 16.8 Å². The molecule has 0 aromatic heterocycles. The zero-order chi connectivity index (χ0) is 8.55. The number of aliphatic imine (C=N–C) groups is 1. The first-order valence-electron chi connectivity index (χ1n) is 4.13. The number of nitriles is 1. The highest BCUT2D eigenvalue weighted by Crippen LogP contribution is 2.39. The zero-order valence-corrected chi connectivity index (χ0v) is 6.63. The van der Waals surface area contributed by atoms with E-state index in [-0.39, 0.29) is 11.6 Å². The van der Waals surface area contributed by atoms with Crippen LogP contribution in [-0.4, -0.2) is 12.3 Å². The lowest BCUT2D eigenvalue weighted by atomic mass is 10.0. The largest absolute Gasteiger partial charge is 0.271 e. The first-order chi connectivity index (χ1) is 5.81. The Morgan fingerprint density at radius 1 is 1.58 bits per heavy atom. The summed E-state index contributed by atoms with van der Waals surface area (Å²) < 4.78 is 13.0. The van der Waals surface area contributed by atoms with Gasteiger partial charge < -0.3 is 0 Å². The van der Waals surface area contributed by atoms with Gasteiger partial charge in [-0.05, 0) is 24.8 Å². The van der Waals surface area contributed by atoms with Crippen molar-refractivity contribution in [1.29, 1.82) is 5.26 Å². The van der Waals surface area contributed by atoms with Crippen LogP contribution in [0.4, 0.5) is 4.39 Å². The van der Waals surface area contributed by atoms with E-state index < -0.39 is 5.83 Å². The van der Waals surface area contributed by atoms with E-state index in [0.29, 0.717) is 12.5 Å². The van der Waals surface area contributed by atoms with E-state index in [2.05, 4.69) is 4.99 Å². The lowest BCUT2D eigenvalue weighted by Gasteiger charge is -2.12. The summed E-state index contributed by atoms with van der Waals surface area (Å²) in [6.45, 7) is 0.598. The Bertz CT molecular complexity index is 294. The molecule has 1 unspecified atom stereocenters. The second kappa shape index (κ2) is 2.71. The average molecular weight is 164 g/mol. The molecule has 1 aliphatic heterocycles. The molecular weight excluding hydrogens is 155 g/mol. The van der Waals surface area contributed by atoms with Gasteiger partial charge in [0.2, 0.25) is 0 Å². The normalized spacial score (nSPS) is 28.8. The Morgan fingerprint density at radius 2 is 2.33 bits per heavy atom. The summed E-state index contributed by atoms with van der Waals surface area (Å²) >= 11 is 0. The van der Waals surface area contributed by atoms with Gasteiger partial charge in [0.1, 0.15) is 6.07 Å². The van der Waals surface area contributed by atoms with E-state index in [1.165, 1.54) is 12.8 Å². The molecule has 1 atom stereocenters. The Balaban J connectivity index is 2.12. The molecule has 0 radical (unpaired) electrons. The molecule has 0 spiro atoms. The van der Waals surface area contributed by atoms with E-state index in [9.17, 15) is 4.39 Å². The van der Waals surface area contributed by atoms with Gasteiger partial charge in [-0.3, -0.25) is 4.99 Å². The third-order valence-corrected chi connectivity index (χ3v) is 2.38. The molecule has 3 heteroatoms. The van der Waals surface area contributed by atoms with Crippen LogP contribution in [0.15, 0.2) is 16.9 Å². The van der Waals surface area contributed by atoms with Crippen LogP contribution in [0.3, 0.4) is 0 Å². The molecule has 0 aromatic rings. The molecule has 1 heterocycles. The van der Waals surface area contributed by atoms with Crippen molar-refractivity contribution < 1.29 is 4.39 Å². The van der Waals surface area contributed by atoms with Crippen LogP contribution < -0.4 is 0 Å². The molecular formula is C9H9FN2. The molecule has 0 aromatic carbocycles. The van der Waals surface area contributed by atoms with E-state index in [1.54, 1.807) is 12.1 Å². The molecule has 62 valence electrons. The summed E-state index contributed by atoms with van der Waals surface area (Å²) in [5.41, 5.74) is -0.0353. The lowest BCUT2D eigenvalue weighted by Crippen LogP contribution is -2.13. The number of allylic oxidation sites excluding steroid dienone is 1. The molecule has 1 fully saturated rings. The standard InChI is InChI=1S/C9H9FN2/c10-8-3-7(6-1-2-6)5-12-9(8)4-11/h3,6-7H,1-2,5H2. The third-order valence-electron chi connectivity index (χ3n) is 2.38. The number of nitrogens with zero attached hydrogens (tertiary/aromatic N) is 2. The molecule has 12 heavy (non-hydrogen) atoms. The van der Waals surface area contributed by atoms with Gasteiger partial charge in [-0.2, -0.15) is 5.26 Å². The fourth-order valence-electron chi connectivity index (χ4n) is 1.49. The Labute approximate surface area is 70.4 Å². The molecule has 1 aliphatic carbocycles. The van der Waals surface area contributed by atoms with Crippen LogP contribution in [0.2, 0.25) is 0 Å². The summed E-state index contributed by atoms with van der Waals surface area (Å²) in [4.78, 5) is 3.88. The molecule has 2 aliphatic rings. The van der Waals surface area contributed by atoms with Gasteiger partial charge in [0.05, 0.1) is 0 Å². The van der Waals surface area contributed by atoms with Crippen LogP contribution >= 0.6 is 0 Å². The second-order valence-electron chi connectivity index (χ2n) is 3.32. The van der Waals surface area contributed by atoms with Crippen LogP contribution in [0, 0.1) is 23.2 Å². The monoisotopic (exact) mass is 164 g/mol. The third kappa shape index (κ3) is 1.25. The summed E-state index contributed by atoms with van der Waals surface area (Å²) in [5.74, 6) is 0.447. The van der Waals surface area contributed by atoms with Gasteiger partial charge in [0.25, 0.3) is 0 Å². The number of hydrogen-bond donors (Lipinski definition) is 0. The smallest absolute Gasteiger partial charge is 0.170 e. The van der Waals surface area contributed by atoms with Gasteiger partial charge >= 0.3 is 0 Å². The SMILES string of the molecule is N#CC1=NCC(C2CC2)C=C1F. The molecule has 0 amide bonds. The molecule has 0 bridgehead atoms. The summed E-state index contributed by atoms with van der Waals surface area (Å²) in [6, 6.07) is 1.74. The molecule has 2 nitrogen and oxygen atoms in total. The van der Waals surface area contributed by atoms with E-state index >= 15 is 0 Å². The van der Waals surface area contributed by atoms with Crippen molar-refractivity contribution in [3.05, 3.63) is 11.9 Å². The lowest BCUT2D eigenvalue weighted by molar-refractivity contribution is 0.546. The molecule has 2 rings (SSSR count). The second-order valence-corrected chi connectivity index (χ2v) is 3.32. The molecule has 0 N–H and O–H groups in total. The van der Waals surface area contributed by atoms with Crippen LogP contribution in [0.25, 0.3) is 0 Å². The molecule has 1 saturated carbocycles. The van der Waals surface area contributed by atoms with Crippen molar-refractivity contribution in [2.75, 3.05) is 6.54 Å². The fraction of sp³-hybridized carbons (Fsp3) is 0.556. The quantitative estimate of drug-likeness (QED) is 0.582. The number of halogens is 1. The minimum absolute atomic E-state index is 0.0353. The minimum atomic E-state index is -0.430. The van der Waals surface area contributed by atoms with Crippen LogP contribution in [0.5, 0.6) is 0 Å². The van der Waals surface area contributed by atoms with Gasteiger partial charge in [0, 0.05) is 12.5 Å². The maximum Gasteiger partial charge on any atom is 0.170 e. The van der Waals surface area contributed by atoms with Gasteiger partial charge in [0.15, 0.2) is 11.5 Å². The van der Waals surface area contributed by atoms with Crippen molar-refractivity contribution in [2.45, 2.75) is 12.8 Å². The van der Waals surface area contributed by atoms with Crippen LogP contribution in [-0.2, 0) is 0 Å². The number of hydrogen-bond acceptors (Lipinski definition) is 2. The van der Waals surface area contributed by atoms with E-state index in [1.807, 2.05) is 0 Å². The highest BCUT2D eigenvalue weighted by molar-refractivity contribution is 6.10.